The summed E-state index contributed by atoms with van der Waals surface area (Å²) in [6.45, 7) is 0.756. The van der Waals surface area contributed by atoms with Crippen molar-refractivity contribution in [1.82, 2.24) is 0 Å². The van der Waals surface area contributed by atoms with Crippen molar-refractivity contribution < 1.29 is 9.84 Å². The molecule has 4 heteroatoms. The molecule has 0 saturated carbocycles. The van der Waals surface area contributed by atoms with Crippen LogP contribution >= 0.6 is 15.9 Å². The van der Waals surface area contributed by atoms with Crippen LogP contribution in [0, 0.1) is 0 Å². The minimum absolute atomic E-state index is 0.257. The minimum atomic E-state index is 0.257. The molecule has 0 aliphatic carbocycles. The summed E-state index contributed by atoms with van der Waals surface area (Å²) in [5, 5.41) is 9.49. The number of rotatable bonds is 4. The molecule has 100 valence electrons. The Labute approximate surface area is 121 Å². The molecule has 1 N–H and O–H groups in total. The molecule has 0 aliphatic rings. The highest BCUT2D eigenvalue weighted by atomic mass is 79.9. The molecule has 0 bridgehead atoms. The first-order chi connectivity index (χ1) is 9.10. The summed E-state index contributed by atoms with van der Waals surface area (Å²) in [5.41, 5.74) is 2.21. The molecule has 0 atom stereocenters. The predicted molar refractivity (Wildman–Crippen MR) is 80.9 cm³/mol. The fraction of sp³-hybridized carbons (Fsp3) is 0.200. The Hall–Kier alpha value is -1.68. The molecule has 0 radical (unpaired) electrons. The highest BCUT2D eigenvalue weighted by Gasteiger charge is 2.05. The molecule has 0 heterocycles. The summed E-state index contributed by atoms with van der Waals surface area (Å²) in [7, 11) is 3.69. The third-order valence-electron chi connectivity index (χ3n) is 2.93. The second kappa shape index (κ2) is 5.97. The third kappa shape index (κ3) is 3.41. The average Bonchev–Trinajstić information content (AvgIpc) is 2.43. The number of hydrogen-bond acceptors (Lipinski definition) is 3. The maximum absolute atomic E-state index is 9.49. The Morgan fingerprint density at radius 1 is 1.21 bits per heavy atom. The number of phenols is 1. The van der Waals surface area contributed by atoms with Crippen molar-refractivity contribution in [3.63, 3.8) is 0 Å². The number of methoxy groups -OCH3 is 1. The third-order valence-corrected chi connectivity index (χ3v) is 3.56. The SMILES string of the molecule is COc1cccc(N(C)Cc2ccc(O)c(Br)c2)c1. The van der Waals surface area contributed by atoms with Gasteiger partial charge in [-0.15, -0.1) is 0 Å². The molecule has 0 unspecified atom stereocenters. The monoisotopic (exact) mass is 321 g/mol. The van der Waals surface area contributed by atoms with Gasteiger partial charge in [-0.05, 0) is 45.8 Å². The molecule has 19 heavy (non-hydrogen) atoms. The van der Waals surface area contributed by atoms with E-state index >= 15 is 0 Å². The Bertz CT molecular complexity index is 572. The quantitative estimate of drug-likeness (QED) is 0.929. The van der Waals surface area contributed by atoms with Gasteiger partial charge in [0, 0.05) is 25.3 Å². The molecular weight excluding hydrogens is 306 g/mol. The van der Waals surface area contributed by atoms with E-state index in [1.807, 2.05) is 43.4 Å². The first-order valence-electron chi connectivity index (χ1n) is 5.92. The van der Waals surface area contributed by atoms with Gasteiger partial charge in [0.25, 0.3) is 0 Å². The predicted octanol–water partition coefficient (Wildman–Crippen LogP) is 3.80. The van der Waals surface area contributed by atoms with E-state index in [4.69, 9.17) is 4.74 Å². The molecule has 0 saturated heterocycles. The van der Waals surface area contributed by atoms with Gasteiger partial charge < -0.3 is 14.7 Å². The van der Waals surface area contributed by atoms with Crippen molar-refractivity contribution in [2.45, 2.75) is 6.54 Å². The Morgan fingerprint density at radius 2 is 2.00 bits per heavy atom. The zero-order valence-corrected chi connectivity index (χ0v) is 12.5. The number of halogens is 1. The van der Waals surface area contributed by atoms with Crippen LogP contribution in [0.4, 0.5) is 5.69 Å². The van der Waals surface area contributed by atoms with Crippen molar-refractivity contribution in [3.05, 3.63) is 52.5 Å². The van der Waals surface area contributed by atoms with Crippen molar-refractivity contribution >= 4 is 21.6 Å². The minimum Gasteiger partial charge on any atom is -0.507 e. The largest absolute Gasteiger partial charge is 0.507 e. The van der Waals surface area contributed by atoms with Crippen molar-refractivity contribution in [2.75, 3.05) is 19.1 Å². The van der Waals surface area contributed by atoms with Crippen LogP contribution in [0.2, 0.25) is 0 Å². The van der Waals surface area contributed by atoms with Crippen LogP contribution in [0.15, 0.2) is 46.9 Å². The number of ether oxygens (including phenoxy) is 1. The van der Waals surface area contributed by atoms with Crippen LogP contribution in [-0.2, 0) is 6.54 Å². The number of nitrogens with zero attached hydrogens (tertiary/aromatic N) is 1. The summed E-state index contributed by atoms with van der Waals surface area (Å²) < 4.78 is 5.93. The molecule has 2 aromatic carbocycles. The maximum atomic E-state index is 9.49. The molecule has 0 aliphatic heterocycles. The summed E-state index contributed by atoms with van der Waals surface area (Å²) in [6.07, 6.45) is 0. The molecule has 0 spiro atoms. The smallest absolute Gasteiger partial charge is 0.129 e. The zero-order valence-electron chi connectivity index (χ0n) is 10.9. The van der Waals surface area contributed by atoms with Crippen LogP contribution in [0.3, 0.4) is 0 Å². The first kappa shape index (κ1) is 13.7. The van der Waals surface area contributed by atoms with E-state index in [0.29, 0.717) is 4.47 Å². The van der Waals surface area contributed by atoms with Crippen LogP contribution in [-0.4, -0.2) is 19.3 Å². The zero-order chi connectivity index (χ0) is 13.8. The lowest BCUT2D eigenvalue weighted by atomic mass is 10.2. The van der Waals surface area contributed by atoms with E-state index in [-0.39, 0.29) is 5.75 Å². The normalized spacial score (nSPS) is 10.3. The second-order valence-corrected chi connectivity index (χ2v) is 5.20. The van der Waals surface area contributed by atoms with Gasteiger partial charge in [-0.2, -0.15) is 0 Å². The van der Waals surface area contributed by atoms with Crippen LogP contribution in [0.1, 0.15) is 5.56 Å². The fourth-order valence-corrected chi connectivity index (χ4v) is 2.29. The van der Waals surface area contributed by atoms with Gasteiger partial charge >= 0.3 is 0 Å². The number of aromatic hydroxyl groups is 1. The highest BCUT2D eigenvalue weighted by molar-refractivity contribution is 9.10. The van der Waals surface area contributed by atoms with Crippen molar-refractivity contribution in [3.8, 4) is 11.5 Å². The van der Waals surface area contributed by atoms with Gasteiger partial charge in [-0.1, -0.05) is 12.1 Å². The molecule has 0 amide bonds. The highest BCUT2D eigenvalue weighted by Crippen LogP contribution is 2.26. The van der Waals surface area contributed by atoms with E-state index in [2.05, 4.69) is 20.8 Å². The topological polar surface area (TPSA) is 32.7 Å². The van der Waals surface area contributed by atoms with E-state index in [9.17, 15) is 5.11 Å². The average molecular weight is 322 g/mol. The van der Waals surface area contributed by atoms with Gasteiger partial charge in [0.1, 0.15) is 11.5 Å². The lowest BCUT2D eigenvalue weighted by Crippen LogP contribution is -2.16. The number of hydrogen-bond donors (Lipinski definition) is 1. The van der Waals surface area contributed by atoms with Gasteiger partial charge in [-0.3, -0.25) is 0 Å². The second-order valence-electron chi connectivity index (χ2n) is 4.34. The maximum Gasteiger partial charge on any atom is 0.129 e. The van der Waals surface area contributed by atoms with E-state index < -0.39 is 0 Å². The molecule has 3 nitrogen and oxygen atoms in total. The lowest BCUT2D eigenvalue weighted by Gasteiger charge is -2.20. The molecule has 0 aromatic heterocycles. The molecule has 2 rings (SSSR count). The number of benzene rings is 2. The van der Waals surface area contributed by atoms with Crippen molar-refractivity contribution in [1.29, 1.82) is 0 Å². The standard InChI is InChI=1S/C15H16BrNO2/c1-17(12-4-3-5-13(9-12)19-2)10-11-6-7-15(18)14(16)8-11/h3-9,18H,10H2,1-2H3. The molecule has 2 aromatic rings. The van der Waals surface area contributed by atoms with Crippen LogP contribution < -0.4 is 9.64 Å². The van der Waals surface area contributed by atoms with E-state index in [1.165, 1.54) is 0 Å². The van der Waals surface area contributed by atoms with Gasteiger partial charge in [0.15, 0.2) is 0 Å². The van der Waals surface area contributed by atoms with Crippen molar-refractivity contribution in [2.24, 2.45) is 0 Å². The summed E-state index contributed by atoms with van der Waals surface area (Å²) in [6, 6.07) is 13.5. The Balaban J connectivity index is 2.15. The summed E-state index contributed by atoms with van der Waals surface area (Å²) >= 11 is 3.33. The number of anilines is 1. The first-order valence-corrected chi connectivity index (χ1v) is 6.72. The Morgan fingerprint density at radius 3 is 2.68 bits per heavy atom. The fourth-order valence-electron chi connectivity index (χ4n) is 1.86. The molecular formula is C15H16BrNO2. The van der Waals surface area contributed by atoms with Gasteiger partial charge in [-0.25, -0.2) is 0 Å². The summed E-state index contributed by atoms with van der Waals surface area (Å²) in [4.78, 5) is 2.13. The van der Waals surface area contributed by atoms with Crippen LogP contribution in [0.5, 0.6) is 11.5 Å². The van der Waals surface area contributed by atoms with E-state index in [0.717, 1.165) is 23.5 Å². The van der Waals surface area contributed by atoms with Gasteiger partial charge in [0.05, 0.1) is 11.6 Å². The van der Waals surface area contributed by atoms with E-state index in [1.54, 1.807) is 13.2 Å². The van der Waals surface area contributed by atoms with Crippen LogP contribution in [0.25, 0.3) is 0 Å². The Kier molecular flexibility index (Phi) is 4.32. The number of phenolic OH excluding ortho intramolecular Hbond substituents is 1. The van der Waals surface area contributed by atoms with Gasteiger partial charge in [0.2, 0.25) is 0 Å². The molecule has 0 fully saturated rings. The summed E-state index contributed by atoms with van der Waals surface area (Å²) in [5.74, 6) is 1.10. The lowest BCUT2D eigenvalue weighted by molar-refractivity contribution is 0.415.